The molecule has 1 aliphatic rings. The van der Waals surface area contributed by atoms with E-state index in [1.807, 2.05) is 0 Å². The fourth-order valence-electron chi connectivity index (χ4n) is 1.82. The smallest absolute Gasteiger partial charge is 0.243 e. The van der Waals surface area contributed by atoms with Gasteiger partial charge in [0, 0.05) is 36.2 Å². The van der Waals surface area contributed by atoms with Crippen LogP contribution in [0.3, 0.4) is 0 Å². The molecule has 2 rings (SSSR count). The first-order valence-electron chi connectivity index (χ1n) is 5.73. The second-order valence-corrected chi connectivity index (χ2v) is 6.98. The van der Waals surface area contributed by atoms with Crippen LogP contribution in [0.1, 0.15) is 6.42 Å². The van der Waals surface area contributed by atoms with E-state index in [0.29, 0.717) is 16.7 Å². The number of sulfonamides is 1. The van der Waals surface area contributed by atoms with Crippen LogP contribution in [0, 0.1) is 0 Å². The third kappa shape index (κ3) is 3.07. The second kappa shape index (κ2) is 5.48. The minimum atomic E-state index is -3.61. The topological polar surface area (TPSA) is 92.5 Å². The van der Waals surface area contributed by atoms with E-state index in [2.05, 4.69) is 21.2 Å². The molecular formula is C11H14BrN3O3S. The molecule has 0 aliphatic carbocycles. The summed E-state index contributed by atoms with van der Waals surface area (Å²) in [6.07, 6.45) is 0.172. The second-order valence-electron chi connectivity index (χ2n) is 4.19. The predicted octanol–water partition coefficient (Wildman–Crippen LogP) is 0.542. The van der Waals surface area contributed by atoms with E-state index in [1.54, 1.807) is 6.07 Å². The zero-order valence-electron chi connectivity index (χ0n) is 10.1. The Balaban J connectivity index is 2.30. The maximum atomic E-state index is 12.4. The normalized spacial score (nSPS) is 17.8. The summed E-state index contributed by atoms with van der Waals surface area (Å²) >= 11 is 3.22. The van der Waals surface area contributed by atoms with Crippen LogP contribution in [-0.4, -0.2) is 38.3 Å². The van der Waals surface area contributed by atoms with Crippen molar-refractivity contribution >= 4 is 37.5 Å². The molecule has 0 saturated carbocycles. The van der Waals surface area contributed by atoms with Crippen molar-refractivity contribution in [1.82, 2.24) is 9.62 Å². The maximum absolute atomic E-state index is 12.4. The van der Waals surface area contributed by atoms with Crippen molar-refractivity contribution in [1.29, 1.82) is 0 Å². The number of nitrogen functional groups attached to an aromatic ring is 1. The molecule has 1 saturated heterocycles. The Bertz CT molecular complexity index is 603. The molecule has 104 valence electrons. The third-order valence-electron chi connectivity index (χ3n) is 2.88. The number of anilines is 1. The molecule has 0 spiro atoms. The first-order chi connectivity index (χ1) is 8.91. The predicted molar refractivity (Wildman–Crippen MR) is 74.9 cm³/mol. The molecular weight excluding hydrogens is 334 g/mol. The van der Waals surface area contributed by atoms with Crippen LogP contribution in [0.2, 0.25) is 0 Å². The van der Waals surface area contributed by atoms with Gasteiger partial charge in [-0.2, -0.15) is 4.31 Å². The Morgan fingerprint density at radius 2 is 2.05 bits per heavy atom. The van der Waals surface area contributed by atoms with Crippen LogP contribution in [0.15, 0.2) is 27.6 Å². The lowest BCUT2D eigenvalue weighted by atomic mass is 10.3. The number of hydrogen-bond acceptors (Lipinski definition) is 4. The van der Waals surface area contributed by atoms with Gasteiger partial charge in [0.05, 0.1) is 4.90 Å². The maximum Gasteiger partial charge on any atom is 0.243 e. The number of nitrogens with zero attached hydrogens (tertiary/aromatic N) is 1. The van der Waals surface area contributed by atoms with Gasteiger partial charge in [0.25, 0.3) is 0 Å². The van der Waals surface area contributed by atoms with Crippen LogP contribution in [0.5, 0.6) is 0 Å². The van der Waals surface area contributed by atoms with Gasteiger partial charge in [-0.1, -0.05) is 0 Å². The molecule has 1 heterocycles. The highest BCUT2D eigenvalue weighted by Gasteiger charge is 2.27. The molecule has 19 heavy (non-hydrogen) atoms. The molecule has 1 fully saturated rings. The van der Waals surface area contributed by atoms with E-state index in [0.717, 1.165) is 0 Å². The molecule has 1 amide bonds. The van der Waals surface area contributed by atoms with Gasteiger partial charge >= 0.3 is 0 Å². The van der Waals surface area contributed by atoms with Crippen LogP contribution >= 0.6 is 15.9 Å². The number of carbonyl (C=O) groups excluding carboxylic acids is 1. The monoisotopic (exact) mass is 347 g/mol. The zero-order chi connectivity index (χ0) is 14.0. The molecule has 6 nitrogen and oxygen atoms in total. The number of amides is 1. The summed E-state index contributed by atoms with van der Waals surface area (Å²) in [4.78, 5) is 11.4. The molecule has 1 aliphatic heterocycles. The van der Waals surface area contributed by atoms with Gasteiger partial charge in [0.2, 0.25) is 15.9 Å². The third-order valence-corrected chi connectivity index (χ3v) is 5.49. The van der Waals surface area contributed by atoms with Gasteiger partial charge < -0.3 is 11.1 Å². The van der Waals surface area contributed by atoms with E-state index >= 15 is 0 Å². The molecule has 0 radical (unpaired) electrons. The van der Waals surface area contributed by atoms with E-state index in [4.69, 9.17) is 5.73 Å². The van der Waals surface area contributed by atoms with E-state index in [9.17, 15) is 13.2 Å². The summed E-state index contributed by atoms with van der Waals surface area (Å²) in [7, 11) is -3.61. The van der Waals surface area contributed by atoms with Gasteiger partial charge in [0.1, 0.15) is 0 Å². The minimum absolute atomic E-state index is 0.131. The van der Waals surface area contributed by atoms with Gasteiger partial charge in [-0.25, -0.2) is 8.42 Å². The number of benzene rings is 1. The van der Waals surface area contributed by atoms with Crippen LogP contribution in [-0.2, 0) is 14.8 Å². The van der Waals surface area contributed by atoms with Crippen molar-refractivity contribution in [3.63, 3.8) is 0 Å². The van der Waals surface area contributed by atoms with Crippen molar-refractivity contribution in [3.8, 4) is 0 Å². The highest BCUT2D eigenvalue weighted by atomic mass is 79.9. The Kier molecular flexibility index (Phi) is 4.12. The molecule has 8 heteroatoms. The lowest BCUT2D eigenvalue weighted by Gasteiger charge is -2.19. The summed E-state index contributed by atoms with van der Waals surface area (Å²) < 4.78 is 26.8. The van der Waals surface area contributed by atoms with Crippen LogP contribution in [0.25, 0.3) is 0 Å². The molecule has 0 unspecified atom stereocenters. The van der Waals surface area contributed by atoms with Crippen LogP contribution in [0.4, 0.5) is 5.69 Å². The Hall–Kier alpha value is -1.12. The van der Waals surface area contributed by atoms with E-state index in [-0.39, 0.29) is 30.3 Å². The summed E-state index contributed by atoms with van der Waals surface area (Å²) in [5.74, 6) is -0.131. The first-order valence-corrected chi connectivity index (χ1v) is 7.96. The van der Waals surface area contributed by atoms with Crippen molar-refractivity contribution in [2.24, 2.45) is 0 Å². The van der Waals surface area contributed by atoms with Crippen molar-refractivity contribution in [2.75, 3.05) is 25.4 Å². The van der Waals surface area contributed by atoms with E-state index < -0.39 is 10.0 Å². The largest absolute Gasteiger partial charge is 0.398 e. The van der Waals surface area contributed by atoms with Crippen molar-refractivity contribution in [3.05, 3.63) is 22.7 Å². The summed E-state index contributed by atoms with van der Waals surface area (Å²) in [6.45, 7) is 0.776. The van der Waals surface area contributed by atoms with Crippen LogP contribution < -0.4 is 11.1 Å². The summed E-state index contributed by atoms with van der Waals surface area (Å²) in [6, 6.07) is 4.51. The molecule has 0 bridgehead atoms. The standard InChI is InChI=1S/C11H14BrN3O3S/c12-9-2-1-8(7-10(9)13)19(17,18)15-5-3-11(16)14-4-6-15/h1-2,7H,3-6,13H2,(H,14,16). The molecule has 1 aromatic rings. The number of nitrogens with two attached hydrogens (primary N) is 1. The lowest BCUT2D eigenvalue weighted by molar-refractivity contribution is -0.120. The number of nitrogens with one attached hydrogen (secondary N) is 1. The number of rotatable bonds is 2. The Morgan fingerprint density at radius 3 is 2.74 bits per heavy atom. The van der Waals surface area contributed by atoms with E-state index in [1.165, 1.54) is 16.4 Å². The highest BCUT2D eigenvalue weighted by molar-refractivity contribution is 9.10. The zero-order valence-corrected chi connectivity index (χ0v) is 12.5. The number of carbonyl (C=O) groups is 1. The lowest BCUT2D eigenvalue weighted by Crippen LogP contribution is -2.34. The van der Waals surface area contributed by atoms with Crippen molar-refractivity contribution in [2.45, 2.75) is 11.3 Å². The highest BCUT2D eigenvalue weighted by Crippen LogP contribution is 2.25. The minimum Gasteiger partial charge on any atom is -0.398 e. The Labute approximate surface area is 120 Å². The quantitative estimate of drug-likeness (QED) is 0.763. The molecule has 3 N–H and O–H groups in total. The first kappa shape index (κ1) is 14.3. The van der Waals surface area contributed by atoms with Gasteiger partial charge in [-0.15, -0.1) is 0 Å². The average Bonchev–Trinajstić information content (AvgIpc) is 2.57. The average molecular weight is 348 g/mol. The van der Waals surface area contributed by atoms with Gasteiger partial charge in [0.15, 0.2) is 0 Å². The fraction of sp³-hybridized carbons (Fsp3) is 0.364. The van der Waals surface area contributed by atoms with Crippen molar-refractivity contribution < 1.29 is 13.2 Å². The molecule has 0 aromatic heterocycles. The van der Waals surface area contributed by atoms with Gasteiger partial charge in [-0.05, 0) is 34.1 Å². The van der Waals surface area contributed by atoms with Gasteiger partial charge in [-0.3, -0.25) is 4.79 Å². The molecule has 0 atom stereocenters. The fourth-order valence-corrected chi connectivity index (χ4v) is 3.54. The molecule has 1 aromatic carbocycles. The summed E-state index contributed by atoms with van der Waals surface area (Å²) in [5, 5.41) is 2.64. The summed E-state index contributed by atoms with van der Waals surface area (Å²) in [5.41, 5.74) is 6.07. The SMILES string of the molecule is Nc1cc(S(=O)(=O)N2CCNC(=O)CC2)ccc1Br. The number of hydrogen-bond donors (Lipinski definition) is 2. The Morgan fingerprint density at radius 1 is 1.32 bits per heavy atom. The number of halogens is 1.